The molecule has 1 atom stereocenters. The van der Waals surface area contributed by atoms with Crippen molar-refractivity contribution in [1.29, 1.82) is 0 Å². The molecule has 1 fully saturated rings. The van der Waals surface area contributed by atoms with Gasteiger partial charge < -0.3 is 10.2 Å². The van der Waals surface area contributed by atoms with Crippen molar-refractivity contribution in [2.24, 2.45) is 7.05 Å². The van der Waals surface area contributed by atoms with Crippen LogP contribution < -0.4 is 15.8 Å². The van der Waals surface area contributed by atoms with Gasteiger partial charge in [0.15, 0.2) is 15.5 Å². The minimum absolute atomic E-state index is 0.137. The van der Waals surface area contributed by atoms with E-state index in [2.05, 4.69) is 15.3 Å². The second-order valence-corrected chi connectivity index (χ2v) is 8.01. The number of nitrogens with one attached hydrogen (secondary N) is 1. The van der Waals surface area contributed by atoms with Gasteiger partial charge in [0, 0.05) is 32.1 Å². The number of anilines is 1. The Morgan fingerprint density at radius 3 is 2.90 bits per heavy atom. The van der Waals surface area contributed by atoms with Crippen LogP contribution in [0.4, 0.5) is 9.52 Å². The van der Waals surface area contributed by atoms with Crippen molar-refractivity contribution in [2.45, 2.75) is 38.8 Å². The lowest BCUT2D eigenvalue weighted by molar-refractivity contribution is -0.122. The summed E-state index contributed by atoms with van der Waals surface area (Å²) in [5, 5.41) is 3.46. The molecule has 1 saturated heterocycles. The van der Waals surface area contributed by atoms with Crippen LogP contribution >= 0.6 is 11.3 Å². The third kappa shape index (κ3) is 3.62. The van der Waals surface area contributed by atoms with E-state index >= 15 is 0 Å². The molecule has 1 aromatic carbocycles. The summed E-state index contributed by atoms with van der Waals surface area (Å²) in [5.41, 5.74) is 0.612. The van der Waals surface area contributed by atoms with Crippen molar-refractivity contribution >= 4 is 32.7 Å². The number of carbonyl (C=O) groups is 1. The SMILES string of the molecule is CCc1nc2sc(N3CCC[C@@H]3C(=O)NCc3ccccc3F)nc2c(=O)n1C. The zero-order valence-corrected chi connectivity index (χ0v) is 17.1. The second-order valence-electron chi connectivity index (χ2n) is 7.06. The van der Waals surface area contributed by atoms with Crippen molar-refractivity contribution in [3.8, 4) is 0 Å². The molecule has 3 heterocycles. The summed E-state index contributed by atoms with van der Waals surface area (Å²) >= 11 is 1.34. The van der Waals surface area contributed by atoms with Gasteiger partial charge in [0.1, 0.15) is 17.7 Å². The number of hydrogen-bond donors (Lipinski definition) is 1. The average Bonchev–Trinajstić information content (AvgIpc) is 3.36. The lowest BCUT2D eigenvalue weighted by Crippen LogP contribution is -2.43. The van der Waals surface area contributed by atoms with Crippen LogP contribution in [0, 0.1) is 5.82 Å². The highest BCUT2D eigenvalue weighted by Gasteiger charge is 2.33. The van der Waals surface area contributed by atoms with Gasteiger partial charge in [0.25, 0.3) is 5.56 Å². The van der Waals surface area contributed by atoms with E-state index in [1.807, 2.05) is 11.8 Å². The molecule has 152 valence electrons. The molecular formula is C20H22FN5O2S. The number of hydrogen-bond acceptors (Lipinski definition) is 6. The van der Waals surface area contributed by atoms with Crippen LogP contribution in [0.3, 0.4) is 0 Å². The van der Waals surface area contributed by atoms with Gasteiger partial charge in [0.2, 0.25) is 5.91 Å². The van der Waals surface area contributed by atoms with Crippen LogP contribution in [0.25, 0.3) is 10.3 Å². The fraction of sp³-hybridized carbons (Fsp3) is 0.400. The quantitative estimate of drug-likeness (QED) is 0.692. The largest absolute Gasteiger partial charge is 0.350 e. The number of carbonyl (C=O) groups excluding carboxylic acids is 1. The number of amides is 1. The van der Waals surface area contributed by atoms with Crippen LogP contribution in [0.15, 0.2) is 29.1 Å². The normalized spacial score (nSPS) is 16.5. The van der Waals surface area contributed by atoms with Crippen molar-refractivity contribution in [2.75, 3.05) is 11.4 Å². The Morgan fingerprint density at radius 1 is 1.34 bits per heavy atom. The summed E-state index contributed by atoms with van der Waals surface area (Å²) in [5.74, 6) is 0.203. The van der Waals surface area contributed by atoms with E-state index in [0.717, 1.165) is 6.42 Å². The van der Waals surface area contributed by atoms with Gasteiger partial charge in [-0.05, 0) is 18.9 Å². The zero-order valence-electron chi connectivity index (χ0n) is 16.3. The fourth-order valence-electron chi connectivity index (χ4n) is 3.63. The number of thiazole rings is 1. The molecule has 1 aliphatic rings. The molecule has 4 rings (SSSR count). The maximum absolute atomic E-state index is 13.8. The number of rotatable bonds is 5. The van der Waals surface area contributed by atoms with E-state index < -0.39 is 6.04 Å². The van der Waals surface area contributed by atoms with Crippen LogP contribution in [0.1, 0.15) is 31.2 Å². The molecular weight excluding hydrogens is 393 g/mol. The third-order valence-corrected chi connectivity index (χ3v) is 6.24. The molecule has 0 aliphatic carbocycles. The number of aromatic nitrogens is 3. The van der Waals surface area contributed by atoms with Crippen molar-refractivity contribution in [3.05, 3.63) is 51.8 Å². The first-order chi connectivity index (χ1) is 14.0. The van der Waals surface area contributed by atoms with E-state index in [1.54, 1.807) is 25.2 Å². The Kier molecular flexibility index (Phi) is 5.31. The number of benzene rings is 1. The van der Waals surface area contributed by atoms with Crippen molar-refractivity contribution in [3.63, 3.8) is 0 Å². The van der Waals surface area contributed by atoms with Gasteiger partial charge in [-0.2, -0.15) is 0 Å². The number of fused-ring (bicyclic) bond motifs is 1. The Hall–Kier alpha value is -2.81. The topological polar surface area (TPSA) is 80.1 Å². The molecule has 1 N–H and O–H groups in total. The lowest BCUT2D eigenvalue weighted by Gasteiger charge is -2.23. The highest BCUT2D eigenvalue weighted by Crippen LogP contribution is 2.31. The van der Waals surface area contributed by atoms with Crippen LogP contribution in [0.2, 0.25) is 0 Å². The Bertz CT molecular complexity index is 1130. The monoisotopic (exact) mass is 415 g/mol. The van der Waals surface area contributed by atoms with Crippen LogP contribution in [-0.4, -0.2) is 33.0 Å². The maximum Gasteiger partial charge on any atom is 0.280 e. The van der Waals surface area contributed by atoms with E-state index in [4.69, 9.17) is 0 Å². The standard InChI is InChI=1S/C20H22FN5O2S/c1-3-15-23-18-16(19(28)25(15)2)24-20(29-18)26-10-6-9-14(26)17(27)22-11-12-7-4-5-8-13(12)21/h4-5,7-8,14H,3,6,9-11H2,1-2H3,(H,22,27)/t14-/m1/s1. The smallest absolute Gasteiger partial charge is 0.280 e. The number of halogens is 1. The van der Waals surface area contributed by atoms with E-state index in [1.165, 1.54) is 22.0 Å². The van der Waals surface area contributed by atoms with Crippen LogP contribution in [0.5, 0.6) is 0 Å². The summed E-state index contributed by atoms with van der Waals surface area (Å²) in [7, 11) is 1.70. The molecule has 1 amide bonds. The molecule has 2 aromatic heterocycles. The first-order valence-corrected chi connectivity index (χ1v) is 10.5. The predicted molar refractivity (Wildman–Crippen MR) is 111 cm³/mol. The molecule has 0 saturated carbocycles. The Labute approximate surface area is 171 Å². The molecule has 1 aliphatic heterocycles. The first-order valence-electron chi connectivity index (χ1n) is 9.63. The summed E-state index contributed by atoms with van der Waals surface area (Å²) in [6.45, 7) is 2.77. The molecule has 9 heteroatoms. The Balaban J connectivity index is 1.56. The van der Waals surface area contributed by atoms with Crippen molar-refractivity contribution in [1.82, 2.24) is 19.9 Å². The predicted octanol–water partition coefficient (Wildman–Crippen LogP) is 2.38. The summed E-state index contributed by atoms with van der Waals surface area (Å²) < 4.78 is 15.3. The fourth-order valence-corrected chi connectivity index (χ4v) is 4.66. The minimum Gasteiger partial charge on any atom is -0.350 e. The zero-order chi connectivity index (χ0) is 20.5. The molecule has 0 unspecified atom stereocenters. The molecule has 29 heavy (non-hydrogen) atoms. The Morgan fingerprint density at radius 2 is 2.14 bits per heavy atom. The van der Waals surface area contributed by atoms with E-state index in [9.17, 15) is 14.0 Å². The average molecular weight is 415 g/mol. The summed E-state index contributed by atoms with van der Waals surface area (Å²) in [6, 6.07) is 6.00. The van der Waals surface area contributed by atoms with E-state index in [-0.39, 0.29) is 23.8 Å². The van der Waals surface area contributed by atoms with Gasteiger partial charge in [0.05, 0.1) is 0 Å². The minimum atomic E-state index is -0.392. The van der Waals surface area contributed by atoms with Gasteiger partial charge in [-0.3, -0.25) is 14.2 Å². The van der Waals surface area contributed by atoms with Gasteiger partial charge in [-0.1, -0.05) is 36.5 Å². The number of nitrogens with zero attached hydrogens (tertiary/aromatic N) is 4. The highest BCUT2D eigenvalue weighted by molar-refractivity contribution is 7.21. The molecule has 0 radical (unpaired) electrons. The van der Waals surface area contributed by atoms with E-state index in [0.29, 0.717) is 46.3 Å². The third-order valence-electron chi connectivity index (χ3n) is 5.25. The van der Waals surface area contributed by atoms with Crippen molar-refractivity contribution < 1.29 is 9.18 Å². The highest BCUT2D eigenvalue weighted by atomic mass is 32.1. The van der Waals surface area contributed by atoms with Gasteiger partial charge in [-0.15, -0.1) is 0 Å². The summed E-state index contributed by atoms with van der Waals surface area (Å²) in [6.07, 6.45) is 2.18. The van der Waals surface area contributed by atoms with Gasteiger partial charge in [-0.25, -0.2) is 14.4 Å². The van der Waals surface area contributed by atoms with Crippen LogP contribution in [-0.2, 0) is 24.8 Å². The molecule has 3 aromatic rings. The second kappa shape index (κ2) is 7.90. The number of aryl methyl sites for hydroxylation is 1. The maximum atomic E-state index is 13.8. The molecule has 0 spiro atoms. The molecule has 7 nitrogen and oxygen atoms in total. The van der Waals surface area contributed by atoms with Gasteiger partial charge >= 0.3 is 0 Å². The molecule has 0 bridgehead atoms. The summed E-state index contributed by atoms with van der Waals surface area (Å²) in [4.78, 5) is 36.9. The first kappa shape index (κ1) is 19.5. The lowest BCUT2D eigenvalue weighted by atomic mass is 10.2.